The number of hydrogen-bond acceptors (Lipinski definition) is 1. The van der Waals surface area contributed by atoms with Crippen molar-refractivity contribution in [2.45, 2.75) is 19.3 Å². The standard InChI is InChI=1S/C18H20N2S/c1-14-6-5-9-17(12-14)19-18(21)20-11-10-16(13-20)15-7-3-2-4-8-15/h2-9,12,16H,10-11,13H2,1H3,(H,19,21). The van der Waals surface area contributed by atoms with Crippen LogP contribution >= 0.6 is 12.2 Å². The van der Waals surface area contributed by atoms with E-state index in [1.165, 1.54) is 17.5 Å². The Hall–Kier alpha value is -1.87. The summed E-state index contributed by atoms with van der Waals surface area (Å²) >= 11 is 5.56. The summed E-state index contributed by atoms with van der Waals surface area (Å²) in [6.07, 6.45) is 1.17. The topological polar surface area (TPSA) is 15.3 Å². The number of thiocarbonyl (C=S) groups is 1. The highest BCUT2D eigenvalue weighted by atomic mass is 32.1. The molecule has 1 N–H and O–H groups in total. The van der Waals surface area contributed by atoms with Gasteiger partial charge in [-0.15, -0.1) is 0 Å². The van der Waals surface area contributed by atoms with Gasteiger partial charge in [-0.25, -0.2) is 0 Å². The molecule has 1 aliphatic heterocycles. The molecular weight excluding hydrogens is 276 g/mol. The molecule has 2 aromatic rings. The van der Waals surface area contributed by atoms with Crippen LogP contribution < -0.4 is 5.32 Å². The Morgan fingerprint density at radius 1 is 1.14 bits per heavy atom. The first kappa shape index (κ1) is 14.1. The summed E-state index contributed by atoms with van der Waals surface area (Å²) in [7, 11) is 0. The number of hydrogen-bond donors (Lipinski definition) is 1. The van der Waals surface area contributed by atoms with Gasteiger partial charge in [0.15, 0.2) is 5.11 Å². The largest absolute Gasteiger partial charge is 0.348 e. The Balaban J connectivity index is 1.62. The smallest absolute Gasteiger partial charge is 0.173 e. The maximum atomic E-state index is 5.56. The van der Waals surface area contributed by atoms with Gasteiger partial charge in [0, 0.05) is 24.7 Å². The van der Waals surface area contributed by atoms with Crippen molar-refractivity contribution in [1.82, 2.24) is 4.90 Å². The van der Waals surface area contributed by atoms with Crippen molar-refractivity contribution in [3.8, 4) is 0 Å². The van der Waals surface area contributed by atoms with Crippen molar-refractivity contribution in [2.75, 3.05) is 18.4 Å². The second-order valence-electron chi connectivity index (χ2n) is 5.64. The SMILES string of the molecule is Cc1cccc(NC(=S)N2CCC(c3ccccc3)C2)c1. The fourth-order valence-electron chi connectivity index (χ4n) is 2.87. The second-order valence-corrected chi connectivity index (χ2v) is 6.03. The number of rotatable bonds is 2. The van der Waals surface area contributed by atoms with Crippen molar-refractivity contribution in [2.24, 2.45) is 0 Å². The molecule has 1 heterocycles. The summed E-state index contributed by atoms with van der Waals surface area (Å²) in [5.41, 5.74) is 3.73. The Morgan fingerprint density at radius 2 is 1.95 bits per heavy atom. The average Bonchev–Trinajstić information content (AvgIpc) is 2.98. The molecule has 1 saturated heterocycles. The van der Waals surface area contributed by atoms with Crippen molar-refractivity contribution in [1.29, 1.82) is 0 Å². The Bertz CT molecular complexity index is 624. The monoisotopic (exact) mass is 296 g/mol. The molecule has 0 bridgehead atoms. The lowest BCUT2D eigenvalue weighted by atomic mass is 9.99. The van der Waals surface area contributed by atoms with Gasteiger partial charge in [-0.05, 0) is 48.8 Å². The zero-order valence-electron chi connectivity index (χ0n) is 12.3. The zero-order valence-corrected chi connectivity index (χ0v) is 13.1. The highest BCUT2D eigenvalue weighted by Crippen LogP contribution is 2.27. The first-order chi connectivity index (χ1) is 10.2. The molecule has 0 saturated carbocycles. The minimum Gasteiger partial charge on any atom is -0.348 e. The molecule has 2 aromatic carbocycles. The van der Waals surface area contributed by atoms with Gasteiger partial charge in [-0.1, -0.05) is 42.5 Å². The van der Waals surface area contributed by atoms with Crippen LogP contribution in [0.3, 0.4) is 0 Å². The number of anilines is 1. The lowest BCUT2D eigenvalue weighted by Crippen LogP contribution is -2.32. The molecule has 2 nitrogen and oxygen atoms in total. The molecule has 1 unspecified atom stereocenters. The molecular formula is C18H20N2S. The van der Waals surface area contributed by atoms with Crippen molar-refractivity contribution < 1.29 is 0 Å². The van der Waals surface area contributed by atoms with E-state index in [9.17, 15) is 0 Å². The van der Waals surface area contributed by atoms with Gasteiger partial charge < -0.3 is 10.2 Å². The summed E-state index contributed by atoms with van der Waals surface area (Å²) in [5, 5.41) is 4.19. The van der Waals surface area contributed by atoms with Gasteiger partial charge in [-0.3, -0.25) is 0 Å². The van der Waals surface area contributed by atoms with E-state index >= 15 is 0 Å². The van der Waals surface area contributed by atoms with E-state index in [0.29, 0.717) is 5.92 Å². The van der Waals surface area contributed by atoms with Crippen molar-refractivity contribution in [3.05, 3.63) is 65.7 Å². The quantitative estimate of drug-likeness (QED) is 0.837. The van der Waals surface area contributed by atoms with Crippen LogP contribution in [0.1, 0.15) is 23.5 Å². The van der Waals surface area contributed by atoms with Crippen LogP contribution in [0.15, 0.2) is 54.6 Å². The summed E-state index contributed by atoms with van der Waals surface area (Å²) < 4.78 is 0. The fraction of sp³-hybridized carbons (Fsp3) is 0.278. The van der Waals surface area contributed by atoms with Gasteiger partial charge in [0.25, 0.3) is 0 Å². The third-order valence-corrected chi connectivity index (χ3v) is 4.38. The van der Waals surface area contributed by atoms with Crippen LogP contribution in [-0.4, -0.2) is 23.1 Å². The third-order valence-electron chi connectivity index (χ3n) is 4.02. The third kappa shape index (κ3) is 3.42. The van der Waals surface area contributed by atoms with Gasteiger partial charge in [0.1, 0.15) is 0 Å². The van der Waals surface area contributed by atoms with Crippen LogP contribution in [-0.2, 0) is 0 Å². The Morgan fingerprint density at radius 3 is 2.71 bits per heavy atom. The molecule has 0 aliphatic carbocycles. The predicted molar refractivity (Wildman–Crippen MR) is 92.8 cm³/mol. The molecule has 1 aliphatic rings. The second kappa shape index (κ2) is 6.27. The Kier molecular flexibility index (Phi) is 4.20. The van der Waals surface area contributed by atoms with Crippen LogP contribution in [0, 0.1) is 6.92 Å². The van der Waals surface area contributed by atoms with E-state index in [4.69, 9.17) is 12.2 Å². The first-order valence-electron chi connectivity index (χ1n) is 7.40. The van der Waals surface area contributed by atoms with E-state index in [0.717, 1.165) is 23.9 Å². The molecule has 0 radical (unpaired) electrons. The number of nitrogens with zero attached hydrogens (tertiary/aromatic N) is 1. The van der Waals surface area contributed by atoms with Gasteiger partial charge in [-0.2, -0.15) is 0 Å². The van der Waals surface area contributed by atoms with Crippen LogP contribution in [0.2, 0.25) is 0 Å². The summed E-state index contributed by atoms with van der Waals surface area (Å²) in [5.74, 6) is 0.587. The normalized spacial score (nSPS) is 17.8. The molecule has 3 heteroatoms. The number of aryl methyl sites for hydroxylation is 1. The molecule has 21 heavy (non-hydrogen) atoms. The summed E-state index contributed by atoms with van der Waals surface area (Å²) in [4.78, 5) is 2.27. The number of likely N-dealkylation sites (tertiary alicyclic amines) is 1. The van der Waals surface area contributed by atoms with Gasteiger partial charge >= 0.3 is 0 Å². The minimum atomic E-state index is 0.587. The van der Waals surface area contributed by atoms with Crippen LogP contribution in [0.4, 0.5) is 5.69 Å². The average molecular weight is 296 g/mol. The van der Waals surface area contributed by atoms with Crippen LogP contribution in [0.5, 0.6) is 0 Å². The van der Waals surface area contributed by atoms with E-state index < -0.39 is 0 Å². The molecule has 3 rings (SSSR count). The maximum Gasteiger partial charge on any atom is 0.173 e. The summed E-state index contributed by atoms with van der Waals surface area (Å²) in [6, 6.07) is 19.0. The fourth-order valence-corrected chi connectivity index (χ4v) is 3.15. The maximum absolute atomic E-state index is 5.56. The molecule has 0 amide bonds. The molecule has 0 aromatic heterocycles. The first-order valence-corrected chi connectivity index (χ1v) is 7.81. The van der Waals surface area contributed by atoms with Gasteiger partial charge in [0.2, 0.25) is 0 Å². The molecule has 108 valence electrons. The van der Waals surface area contributed by atoms with E-state index in [1.54, 1.807) is 0 Å². The molecule has 0 spiro atoms. The minimum absolute atomic E-state index is 0.587. The number of benzene rings is 2. The Labute approximate surface area is 131 Å². The predicted octanol–water partition coefficient (Wildman–Crippen LogP) is 4.18. The van der Waals surface area contributed by atoms with Crippen molar-refractivity contribution >= 4 is 23.0 Å². The highest BCUT2D eigenvalue weighted by molar-refractivity contribution is 7.80. The molecule has 1 atom stereocenters. The van der Waals surface area contributed by atoms with E-state index in [-0.39, 0.29) is 0 Å². The van der Waals surface area contributed by atoms with E-state index in [1.807, 2.05) is 0 Å². The highest BCUT2D eigenvalue weighted by Gasteiger charge is 2.25. The van der Waals surface area contributed by atoms with Crippen molar-refractivity contribution in [3.63, 3.8) is 0 Å². The van der Waals surface area contributed by atoms with Crippen LogP contribution in [0.25, 0.3) is 0 Å². The summed E-state index contributed by atoms with van der Waals surface area (Å²) in [6.45, 7) is 4.12. The molecule has 1 fully saturated rings. The lowest BCUT2D eigenvalue weighted by molar-refractivity contribution is 0.518. The van der Waals surface area contributed by atoms with E-state index in [2.05, 4.69) is 71.7 Å². The zero-order chi connectivity index (χ0) is 14.7. The lowest BCUT2D eigenvalue weighted by Gasteiger charge is -2.21. The van der Waals surface area contributed by atoms with Gasteiger partial charge in [0.05, 0.1) is 0 Å². The number of nitrogens with one attached hydrogen (secondary N) is 1.